The predicted octanol–water partition coefficient (Wildman–Crippen LogP) is 4.10. The molecule has 2 amide bonds. The van der Waals surface area contributed by atoms with Gasteiger partial charge in [-0.1, -0.05) is 30.3 Å². The molecule has 5 nitrogen and oxygen atoms in total. The highest BCUT2D eigenvalue weighted by Gasteiger charge is 2.40. The Balaban J connectivity index is 1.32. The van der Waals surface area contributed by atoms with Crippen LogP contribution < -0.4 is 0 Å². The van der Waals surface area contributed by atoms with Crippen LogP contribution in [0.25, 0.3) is 0 Å². The SMILES string of the molecule is O=C(CSc1ccc(F)cc1)N1CCC(N2C(=O)OC[C@H]2c2ccccc2)CC1. The molecule has 0 aliphatic carbocycles. The monoisotopic (exact) mass is 414 g/mol. The molecule has 0 unspecified atom stereocenters. The largest absolute Gasteiger partial charge is 0.447 e. The third-order valence-electron chi connectivity index (χ3n) is 5.48. The van der Waals surface area contributed by atoms with Crippen LogP contribution in [-0.4, -0.2) is 53.3 Å². The number of hydrogen-bond donors (Lipinski definition) is 0. The van der Waals surface area contributed by atoms with Gasteiger partial charge in [0, 0.05) is 24.0 Å². The van der Waals surface area contributed by atoms with E-state index in [1.807, 2.05) is 40.1 Å². The van der Waals surface area contributed by atoms with E-state index >= 15 is 0 Å². The predicted molar refractivity (Wildman–Crippen MR) is 109 cm³/mol. The minimum atomic E-state index is -0.281. The van der Waals surface area contributed by atoms with Gasteiger partial charge >= 0.3 is 6.09 Å². The molecule has 1 atom stereocenters. The van der Waals surface area contributed by atoms with E-state index in [0.29, 0.717) is 25.4 Å². The normalized spacial score (nSPS) is 20.0. The highest BCUT2D eigenvalue weighted by molar-refractivity contribution is 8.00. The maximum atomic E-state index is 13.0. The first-order chi connectivity index (χ1) is 14.1. The third kappa shape index (κ3) is 4.56. The molecule has 2 aliphatic rings. The van der Waals surface area contributed by atoms with Crippen molar-refractivity contribution in [2.24, 2.45) is 0 Å². The van der Waals surface area contributed by atoms with E-state index in [2.05, 4.69) is 0 Å². The number of likely N-dealkylation sites (tertiary alicyclic amines) is 1. The third-order valence-corrected chi connectivity index (χ3v) is 6.48. The van der Waals surface area contributed by atoms with E-state index in [1.54, 1.807) is 12.1 Å². The number of nitrogens with zero attached hydrogens (tertiary/aromatic N) is 2. The maximum absolute atomic E-state index is 13.0. The first-order valence-electron chi connectivity index (χ1n) is 9.78. The highest BCUT2D eigenvalue weighted by Crippen LogP contribution is 2.33. The fourth-order valence-electron chi connectivity index (χ4n) is 3.93. The molecule has 29 heavy (non-hydrogen) atoms. The van der Waals surface area contributed by atoms with Crippen LogP contribution in [0, 0.1) is 5.82 Å². The summed E-state index contributed by atoms with van der Waals surface area (Å²) in [5, 5.41) is 0. The summed E-state index contributed by atoms with van der Waals surface area (Å²) in [5.74, 6) is 0.118. The average molecular weight is 415 g/mol. The molecule has 152 valence electrons. The Morgan fingerprint density at radius 1 is 1.07 bits per heavy atom. The number of carbonyl (C=O) groups is 2. The van der Waals surface area contributed by atoms with Gasteiger partial charge in [0.15, 0.2) is 0 Å². The molecule has 7 heteroatoms. The van der Waals surface area contributed by atoms with Crippen molar-refractivity contribution in [1.82, 2.24) is 9.80 Å². The number of hydrogen-bond acceptors (Lipinski definition) is 4. The van der Waals surface area contributed by atoms with E-state index in [0.717, 1.165) is 23.3 Å². The number of halogens is 1. The fraction of sp³-hybridized carbons (Fsp3) is 0.364. The number of ether oxygens (including phenoxy) is 1. The molecular formula is C22H23FN2O3S. The van der Waals surface area contributed by atoms with Gasteiger partial charge in [-0.2, -0.15) is 0 Å². The second kappa shape index (κ2) is 8.86. The number of benzene rings is 2. The van der Waals surface area contributed by atoms with E-state index in [1.165, 1.54) is 23.9 Å². The lowest BCUT2D eigenvalue weighted by Crippen LogP contribution is -2.48. The van der Waals surface area contributed by atoms with Crippen LogP contribution in [0.4, 0.5) is 9.18 Å². The van der Waals surface area contributed by atoms with Gasteiger partial charge in [0.2, 0.25) is 5.91 Å². The van der Waals surface area contributed by atoms with Crippen LogP contribution in [0.2, 0.25) is 0 Å². The van der Waals surface area contributed by atoms with Gasteiger partial charge in [-0.3, -0.25) is 9.69 Å². The summed E-state index contributed by atoms with van der Waals surface area (Å²) < 4.78 is 18.3. The lowest BCUT2D eigenvalue weighted by molar-refractivity contribution is -0.129. The van der Waals surface area contributed by atoms with E-state index < -0.39 is 0 Å². The molecular weight excluding hydrogens is 391 g/mol. The van der Waals surface area contributed by atoms with Crippen molar-refractivity contribution in [2.75, 3.05) is 25.4 Å². The van der Waals surface area contributed by atoms with Gasteiger partial charge < -0.3 is 9.64 Å². The molecule has 2 aromatic rings. The second-order valence-corrected chi connectivity index (χ2v) is 8.31. The standard InChI is InChI=1S/C22H23FN2O3S/c23-17-6-8-19(9-7-17)29-15-21(26)24-12-10-18(11-13-24)25-20(14-28-22(25)27)16-4-2-1-3-5-16/h1-9,18,20H,10-15H2/t20-/m0/s1. The molecule has 0 spiro atoms. The zero-order chi connectivity index (χ0) is 20.2. The topological polar surface area (TPSA) is 49.9 Å². The maximum Gasteiger partial charge on any atom is 0.410 e. The van der Waals surface area contributed by atoms with Crippen molar-refractivity contribution in [2.45, 2.75) is 29.8 Å². The summed E-state index contributed by atoms with van der Waals surface area (Å²) >= 11 is 1.41. The molecule has 2 aromatic carbocycles. The fourth-order valence-corrected chi connectivity index (χ4v) is 4.73. The lowest BCUT2D eigenvalue weighted by Gasteiger charge is -2.38. The van der Waals surface area contributed by atoms with Crippen molar-refractivity contribution in [1.29, 1.82) is 0 Å². The highest BCUT2D eigenvalue weighted by atomic mass is 32.2. The molecule has 4 rings (SSSR count). The number of piperidine rings is 1. The van der Waals surface area contributed by atoms with Gasteiger partial charge in [0.1, 0.15) is 12.4 Å². The van der Waals surface area contributed by atoms with Gasteiger partial charge in [-0.15, -0.1) is 11.8 Å². The van der Waals surface area contributed by atoms with Crippen LogP contribution in [-0.2, 0) is 9.53 Å². The van der Waals surface area contributed by atoms with E-state index in [-0.39, 0.29) is 29.9 Å². The van der Waals surface area contributed by atoms with E-state index in [4.69, 9.17) is 4.74 Å². The summed E-state index contributed by atoms with van der Waals surface area (Å²) in [6.45, 7) is 1.62. The molecule has 0 saturated carbocycles. The molecule has 2 saturated heterocycles. The van der Waals surface area contributed by atoms with Crippen LogP contribution >= 0.6 is 11.8 Å². The minimum absolute atomic E-state index is 0.0648. The van der Waals surface area contributed by atoms with Gasteiger partial charge in [-0.25, -0.2) is 9.18 Å². The summed E-state index contributed by atoms with van der Waals surface area (Å²) in [7, 11) is 0. The number of rotatable bonds is 5. The molecule has 0 radical (unpaired) electrons. The van der Waals surface area contributed by atoms with Crippen LogP contribution in [0.1, 0.15) is 24.4 Å². The van der Waals surface area contributed by atoms with Gasteiger partial charge in [0.25, 0.3) is 0 Å². The Morgan fingerprint density at radius 2 is 1.76 bits per heavy atom. The van der Waals surface area contributed by atoms with Crippen molar-refractivity contribution < 1.29 is 18.7 Å². The summed E-state index contributed by atoms with van der Waals surface area (Å²) in [5.41, 5.74) is 1.08. The molecule has 2 aliphatic heterocycles. The van der Waals surface area contributed by atoms with E-state index in [9.17, 15) is 14.0 Å². The summed E-state index contributed by atoms with van der Waals surface area (Å²) in [6.07, 6.45) is 1.21. The first-order valence-corrected chi connectivity index (χ1v) is 10.8. The van der Waals surface area contributed by atoms with Crippen molar-refractivity contribution in [3.05, 3.63) is 66.0 Å². The van der Waals surface area contributed by atoms with Gasteiger partial charge in [-0.05, 0) is 42.7 Å². The second-order valence-electron chi connectivity index (χ2n) is 7.27. The zero-order valence-corrected chi connectivity index (χ0v) is 16.8. The van der Waals surface area contributed by atoms with Crippen LogP contribution in [0.3, 0.4) is 0 Å². The lowest BCUT2D eigenvalue weighted by atomic mass is 9.99. The van der Waals surface area contributed by atoms with Crippen LogP contribution in [0.5, 0.6) is 0 Å². The Hall–Kier alpha value is -2.54. The zero-order valence-electron chi connectivity index (χ0n) is 16.0. The molecule has 0 bridgehead atoms. The number of cyclic esters (lactones) is 1. The number of carbonyl (C=O) groups excluding carboxylic acids is 2. The first kappa shape index (κ1) is 19.8. The number of amides is 2. The minimum Gasteiger partial charge on any atom is -0.447 e. The average Bonchev–Trinajstić information content (AvgIpc) is 3.15. The Kier molecular flexibility index (Phi) is 6.04. The summed E-state index contributed by atoms with van der Waals surface area (Å²) in [6, 6.07) is 16.1. The van der Waals surface area contributed by atoms with Crippen molar-refractivity contribution in [3.63, 3.8) is 0 Å². The molecule has 0 N–H and O–H groups in total. The molecule has 0 aromatic heterocycles. The Labute approximate surface area is 173 Å². The Bertz CT molecular complexity index is 854. The molecule has 2 heterocycles. The molecule has 2 fully saturated rings. The van der Waals surface area contributed by atoms with Crippen molar-refractivity contribution in [3.8, 4) is 0 Å². The Morgan fingerprint density at radius 3 is 2.45 bits per heavy atom. The summed E-state index contributed by atoms with van der Waals surface area (Å²) in [4.78, 5) is 29.5. The quantitative estimate of drug-likeness (QED) is 0.691. The smallest absolute Gasteiger partial charge is 0.410 e. The van der Waals surface area contributed by atoms with Crippen molar-refractivity contribution >= 4 is 23.8 Å². The van der Waals surface area contributed by atoms with Gasteiger partial charge in [0.05, 0.1) is 11.8 Å². The number of thioether (sulfide) groups is 1. The van der Waals surface area contributed by atoms with Crippen LogP contribution in [0.15, 0.2) is 59.5 Å².